The summed E-state index contributed by atoms with van der Waals surface area (Å²) < 4.78 is 58.3. The van der Waals surface area contributed by atoms with Gasteiger partial charge in [-0.15, -0.1) is 0 Å². The van der Waals surface area contributed by atoms with Gasteiger partial charge in [-0.1, -0.05) is 12.7 Å². The summed E-state index contributed by atoms with van der Waals surface area (Å²) in [4.78, 5) is 1.08. The molecule has 0 spiro atoms. The minimum absolute atomic E-state index is 0.000420. The smallest absolute Gasteiger partial charge is 0.256 e. The van der Waals surface area contributed by atoms with E-state index in [9.17, 15) is 17.6 Å². The van der Waals surface area contributed by atoms with Gasteiger partial charge < -0.3 is 9.64 Å². The molecule has 0 bridgehead atoms. The van der Waals surface area contributed by atoms with E-state index in [4.69, 9.17) is 4.74 Å². The van der Waals surface area contributed by atoms with Crippen LogP contribution < -0.4 is 4.74 Å². The Hall–Kier alpha value is -2.24. The lowest BCUT2D eigenvalue weighted by molar-refractivity contribution is 0.123. The molecule has 1 aliphatic heterocycles. The predicted octanol–water partition coefficient (Wildman–Crippen LogP) is 3.96. The Morgan fingerprint density at radius 3 is 2.38 bits per heavy atom. The lowest BCUT2D eigenvalue weighted by Gasteiger charge is -2.30. The van der Waals surface area contributed by atoms with Crippen molar-refractivity contribution in [3.05, 3.63) is 59.8 Å². The number of hydrogen-bond donors (Lipinski definition) is 0. The van der Waals surface area contributed by atoms with Gasteiger partial charge in [0.1, 0.15) is 17.4 Å². The van der Waals surface area contributed by atoms with E-state index in [1.54, 1.807) is 0 Å². The van der Waals surface area contributed by atoms with E-state index in [0.29, 0.717) is 0 Å². The maximum atomic E-state index is 14.1. The molecule has 0 amide bonds. The highest BCUT2D eigenvalue weighted by Gasteiger charge is 2.25. The standard InChI is InChI=1S/C15H13F4NO/c1-9-4-3-5-13(20(9)8-14(18)19)15-11(16)6-10(21-2)7-12(15)17/h3-7,14H,1,8H2,2H3. The van der Waals surface area contributed by atoms with E-state index in [1.807, 2.05) is 0 Å². The summed E-state index contributed by atoms with van der Waals surface area (Å²) in [6.45, 7) is 2.92. The highest BCUT2D eigenvalue weighted by atomic mass is 19.3. The third-order valence-electron chi connectivity index (χ3n) is 3.01. The van der Waals surface area contributed by atoms with Gasteiger partial charge in [0.05, 0.1) is 24.9 Å². The van der Waals surface area contributed by atoms with Crippen molar-refractivity contribution in [1.82, 2.24) is 4.90 Å². The van der Waals surface area contributed by atoms with Crippen LogP contribution in [-0.4, -0.2) is 25.0 Å². The molecule has 1 aromatic carbocycles. The molecular weight excluding hydrogens is 286 g/mol. The lowest BCUT2D eigenvalue weighted by Crippen LogP contribution is -2.28. The summed E-state index contributed by atoms with van der Waals surface area (Å²) in [6, 6.07) is 2.00. The molecule has 2 nitrogen and oxygen atoms in total. The molecule has 0 saturated heterocycles. The Morgan fingerprint density at radius 2 is 1.86 bits per heavy atom. The number of ether oxygens (including phenoxy) is 1. The number of hydrogen-bond acceptors (Lipinski definition) is 2. The monoisotopic (exact) mass is 299 g/mol. The van der Waals surface area contributed by atoms with E-state index in [0.717, 1.165) is 17.0 Å². The molecule has 1 aromatic rings. The summed E-state index contributed by atoms with van der Waals surface area (Å²) in [6.07, 6.45) is 1.69. The van der Waals surface area contributed by atoms with E-state index < -0.39 is 24.6 Å². The molecule has 112 valence electrons. The lowest BCUT2D eigenvalue weighted by atomic mass is 10.1. The Labute approximate surface area is 119 Å². The molecule has 2 rings (SSSR count). The zero-order chi connectivity index (χ0) is 15.6. The number of halogens is 4. The number of alkyl halides is 2. The summed E-state index contributed by atoms with van der Waals surface area (Å²) >= 11 is 0. The Morgan fingerprint density at radius 1 is 1.24 bits per heavy atom. The molecular formula is C15H13F4NO. The highest BCUT2D eigenvalue weighted by molar-refractivity contribution is 5.71. The summed E-state index contributed by atoms with van der Waals surface area (Å²) in [5.41, 5.74) is -0.148. The fraction of sp³-hybridized carbons (Fsp3) is 0.200. The molecule has 1 aliphatic rings. The molecule has 1 heterocycles. The first-order chi connectivity index (χ1) is 9.93. The first-order valence-electron chi connectivity index (χ1n) is 6.10. The van der Waals surface area contributed by atoms with Gasteiger partial charge in [-0.05, 0) is 12.2 Å². The normalized spacial score (nSPS) is 14.7. The second-order valence-electron chi connectivity index (χ2n) is 4.37. The number of allylic oxidation sites excluding steroid dienone is 3. The second-order valence-corrected chi connectivity index (χ2v) is 4.37. The van der Waals surface area contributed by atoms with Gasteiger partial charge in [-0.25, -0.2) is 17.6 Å². The van der Waals surface area contributed by atoms with E-state index in [1.165, 1.54) is 25.3 Å². The average Bonchev–Trinajstić information content (AvgIpc) is 2.41. The SMILES string of the molecule is C=C1C=CC=C(c2c(F)cc(OC)cc2F)N1CC(F)F. The van der Waals surface area contributed by atoms with Crippen LogP contribution in [0.1, 0.15) is 5.56 Å². The zero-order valence-corrected chi connectivity index (χ0v) is 11.2. The van der Waals surface area contributed by atoms with Gasteiger partial charge in [0.2, 0.25) is 0 Å². The van der Waals surface area contributed by atoms with Crippen LogP contribution in [0.3, 0.4) is 0 Å². The molecule has 0 unspecified atom stereocenters. The fourth-order valence-corrected chi connectivity index (χ4v) is 2.07. The van der Waals surface area contributed by atoms with Gasteiger partial charge in [0, 0.05) is 17.8 Å². The maximum absolute atomic E-state index is 14.1. The minimum atomic E-state index is -2.67. The third kappa shape index (κ3) is 3.09. The Kier molecular flexibility index (Phi) is 4.35. The van der Waals surface area contributed by atoms with Crippen LogP contribution in [0, 0.1) is 11.6 Å². The van der Waals surface area contributed by atoms with Crippen LogP contribution in [0.15, 0.2) is 42.6 Å². The van der Waals surface area contributed by atoms with Crippen molar-refractivity contribution >= 4 is 5.70 Å². The molecule has 0 aromatic heterocycles. The van der Waals surface area contributed by atoms with Crippen LogP contribution in [-0.2, 0) is 0 Å². The largest absolute Gasteiger partial charge is 0.497 e. The van der Waals surface area contributed by atoms with Crippen molar-refractivity contribution in [3.63, 3.8) is 0 Å². The molecule has 0 saturated carbocycles. The highest BCUT2D eigenvalue weighted by Crippen LogP contribution is 2.33. The summed E-state index contributed by atoms with van der Waals surface area (Å²) in [5, 5.41) is 0. The van der Waals surface area contributed by atoms with Gasteiger partial charge in [-0.3, -0.25) is 0 Å². The topological polar surface area (TPSA) is 12.5 Å². The quantitative estimate of drug-likeness (QED) is 0.780. The maximum Gasteiger partial charge on any atom is 0.256 e. The molecule has 6 heteroatoms. The van der Waals surface area contributed by atoms with Crippen molar-refractivity contribution in [1.29, 1.82) is 0 Å². The van der Waals surface area contributed by atoms with Gasteiger partial charge >= 0.3 is 0 Å². The van der Waals surface area contributed by atoms with Crippen LogP contribution in [0.5, 0.6) is 5.75 Å². The number of methoxy groups -OCH3 is 1. The van der Waals surface area contributed by atoms with Crippen LogP contribution in [0.25, 0.3) is 5.70 Å². The van der Waals surface area contributed by atoms with Crippen molar-refractivity contribution in [2.24, 2.45) is 0 Å². The van der Waals surface area contributed by atoms with Crippen LogP contribution in [0.4, 0.5) is 17.6 Å². The number of benzene rings is 1. The number of rotatable bonds is 4. The Bertz CT molecular complexity index is 599. The predicted molar refractivity (Wildman–Crippen MR) is 71.9 cm³/mol. The first kappa shape index (κ1) is 15.2. The summed E-state index contributed by atoms with van der Waals surface area (Å²) in [7, 11) is 1.28. The molecule has 0 aliphatic carbocycles. The van der Waals surface area contributed by atoms with Crippen molar-refractivity contribution in [2.75, 3.05) is 13.7 Å². The molecule has 0 atom stereocenters. The van der Waals surface area contributed by atoms with E-state index >= 15 is 0 Å². The molecule has 21 heavy (non-hydrogen) atoms. The van der Waals surface area contributed by atoms with Crippen LogP contribution in [0.2, 0.25) is 0 Å². The molecule has 0 radical (unpaired) electrons. The summed E-state index contributed by atoms with van der Waals surface area (Å²) in [5.74, 6) is -1.76. The fourth-order valence-electron chi connectivity index (χ4n) is 2.07. The van der Waals surface area contributed by atoms with Crippen molar-refractivity contribution < 1.29 is 22.3 Å². The third-order valence-corrected chi connectivity index (χ3v) is 3.01. The van der Waals surface area contributed by atoms with Crippen molar-refractivity contribution in [3.8, 4) is 5.75 Å². The van der Waals surface area contributed by atoms with Gasteiger partial charge in [0.15, 0.2) is 0 Å². The van der Waals surface area contributed by atoms with Gasteiger partial charge in [0.25, 0.3) is 6.43 Å². The average molecular weight is 299 g/mol. The molecule has 0 N–H and O–H groups in total. The first-order valence-corrected chi connectivity index (χ1v) is 6.10. The van der Waals surface area contributed by atoms with Crippen molar-refractivity contribution in [2.45, 2.75) is 6.43 Å². The van der Waals surface area contributed by atoms with E-state index in [2.05, 4.69) is 6.58 Å². The Balaban J connectivity index is 2.50. The minimum Gasteiger partial charge on any atom is -0.497 e. The van der Waals surface area contributed by atoms with Gasteiger partial charge in [-0.2, -0.15) is 0 Å². The van der Waals surface area contributed by atoms with Crippen LogP contribution >= 0.6 is 0 Å². The second kappa shape index (κ2) is 6.03. The van der Waals surface area contributed by atoms with E-state index in [-0.39, 0.29) is 22.7 Å². The molecule has 0 fully saturated rings. The number of nitrogens with zero attached hydrogens (tertiary/aromatic N) is 1. The zero-order valence-electron chi connectivity index (χ0n) is 11.2.